The van der Waals surface area contributed by atoms with Gasteiger partial charge in [0.2, 0.25) is 0 Å². The Morgan fingerprint density at radius 3 is 2.55 bits per heavy atom. The standard InChI is InChI=1S/C15H17BrFNO2/c16-11-5-6-13(12(17)7-11)20-8-14(19)18-15(9-1-2-9)10-3-4-10/h5-7,9-10,15H,1-4,8H2,(H,18,19). The largest absolute Gasteiger partial charge is 0.481 e. The van der Waals surface area contributed by atoms with Crippen LogP contribution >= 0.6 is 15.9 Å². The van der Waals surface area contributed by atoms with Crippen molar-refractivity contribution < 1.29 is 13.9 Å². The highest BCUT2D eigenvalue weighted by Crippen LogP contribution is 2.44. The van der Waals surface area contributed by atoms with E-state index in [0.717, 1.165) is 0 Å². The zero-order valence-electron chi connectivity index (χ0n) is 11.1. The quantitative estimate of drug-likeness (QED) is 0.862. The number of halogens is 2. The van der Waals surface area contributed by atoms with Crippen LogP contribution in [0.4, 0.5) is 4.39 Å². The van der Waals surface area contributed by atoms with Gasteiger partial charge in [-0.05, 0) is 55.7 Å². The number of benzene rings is 1. The van der Waals surface area contributed by atoms with Gasteiger partial charge in [0.15, 0.2) is 18.2 Å². The third-order valence-corrected chi connectivity index (χ3v) is 4.33. The van der Waals surface area contributed by atoms with E-state index in [2.05, 4.69) is 21.2 Å². The van der Waals surface area contributed by atoms with Crippen molar-refractivity contribution in [2.75, 3.05) is 6.61 Å². The molecule has 1 aromatic rings. The van der Waals surface area contributed by atoms with Crippen LogP contribution in [0.1, 0.15) is 25.7 Å². The Kier molecular flexibility index (Phi) is 3.96. The van der Waals surface area contributed by atoms with E-state index in [1.54, 1.807) is 6.07 Å². The molecule has 0 unspecified atom stereocenters. The summed E-state index contributed by atoms with van der Waals surface area (Å²) in [6.07, 6.45) is 4.85. The summed E-state index contributed by atoms with van der Waals surface area (Å²) in [5, 5.41) is 3.05. The Bertz CT molecular complexity index is 503. The van der Waals surface area contributed by atoms with Crippen molar-refractivity contribution in [3.05, 3.63) is 28.5 Å². The summed E-state index contributed by atoms with van der Waals surface area (Å²) in [4.78, 5) is 11.9. The van der Waals surface area contributed by atoms with Crippen molar-refractivity contribution in [3.8, 4) is 5.75 Å². The fourth-order valence-corrected chi connectivity index (χ4v) is 2.83. The summed E-state index contributed by atoms with van der Waals surface area (Å²) < 4.78 is 19.4. The summed E-state index contributed by atoms with van der Waals surface area (Å²) in [6, 6.07) is 4.84. The minimum atomic E-state index is -0.465. The van der Waals surface area contributed by atoms with Crippen LogP contribution in [0.15, 0.2) is 22.7 Å². The zero-order valence-corrected chi connectivity index (χ0v) is 12.7. The van der Waals surface area contributed by atoms with Crippen LogP contribution in [0, 0.1) is 17.7 Å². The maximum absolute atomic E-state index is 13.6. The minimum Gasteiger partial charge on any atom is -0.481 e. The molecule has 0 bridgehead atoms. The SMILES string of the molecule is O=C(COc1ccc(Br)cc1F)NC(C1CC1)C1CC1. The second kappa shape index (κ2) is 5.72. The van der Waals surface area contributed by atoms with Gasteiger partial charge in [-0.3, -0.25) is 4.79 Å². The summed E-state index contributed by atoms with van der Waals surface area (Å²) in [5.74, 6) is 0.786. The molecule has 1 aromatic carbocycles. The lowest BCUT2D eigenvalue weighted by Crippen LogP contribution is -2.40. The van der Waals surface area contributed by atoms with Crippen LogP contribution in [0.2, 0.25) is 0 Å². The molecule has 0 aromatic heterocycles. The molecule has 0 aliphatic heterocycles. The van der Waals surface area contributed by atoms with E-state index in [0.29, 0.717) is 22.4 Å². The Labute approximate surface area is 126 Å². The van der Waals surface area contributed by atoms with Crippen molar-refractivity contribution in [1.29, 1.82) is 0 Å². The molecule has 1 amide bonds. The van der Waals surface area contributed by atoms with Crippen molar-refractivity contribution in [2.24, 2.45) is 11.8 Å². The molecule has 0 saturated heterocycles. The fraction of sp³-hybridized carbons (Fsp3) is 0.533. The van der Waals surface area contributed by atoms with Crippen molar-refractivity contribution >= 4 is 21.8 Å². The van der Waals surface area contributed by atoms with Crippen molar-refractivity contribution in [1.82, 2.24) is 5.32 Å². The molecule has 2 saturated carbocycles. The van der Waals surface area contributed by atoms with Crippen molar-refractivity contribution in [3.63, 3.8) is 0 Å². The topological polar surface area (TPSA) is 38.3 Å². The Hall–Kier alpha value is -1.10. The van der Waals surface area contributed by atoms with Gasteiger partial charge in [-0.2, -0.15) is 0 Å². The second-order valence-electron chi connectivity index (χ2n) is 5.63. The molecule has 1 N–H and O–H groups in total. The van der Waals surface area contributed by atoms with E-state index >= 15 is 0 Å². The Morgan fingerprint density at radius 2 is 2.00 bits per heavy atom. The number of rotatable bonds is 6. The first kappa shape index (κ1) is 13.9. The number of hydrogen-bond donors (Lipinski definition) is 1. The van der Waals surface area contributed by atoms with Crippen LogP contribution in [0.5, 0.6) is 5.75 Å². The molecule has 3 nitrogen and oxygen atoms in total. The van der Waals surface area contributed by atoms with E-state index in [4.69, 9.17) is 4.74 Å². The molecule has 0 atom stereocenters. The lowest BCUT2D eigenvalue weighted by Gasteiger charge is -2.17. The monoisotopic (exact) mass is 341 g/mol. The van der Waals surface area contributed by atoms with Gasteiger partial charge in [-0.15, -0.1) is 0 Å². The number of amides is 1. The zero-order chi connectivity index (χ0) is 14.1. The first-order chi connectivity index (χ1) is 9.63. The van der Waals surface area contributed by atoms with Gasteiger partial charge in [0.05, 0.1) is 0 Å². The molecule has 2 aliphatic carbocycles. The number of carbonyl (C=O) groups excluding carboxylic acids is 1. The number of nitrogens with one attached hydrogen (secondary N) is 1. The van der Waals surface area contributed by atoms with Gasteiger partial charge in [-0.1, -0.05) is 15.9 Å². The third-order valence-electron chi connectivity index (χ3n) is 3.84. The van der Waals surface area contributed by atoms with Crippen LogP contribution in [0.25, 0.3) is 0 Å². The van der Waals surface area contributed by atoms with Crippen LogP contribution in [0.3, 0.4) is 0 Å². The van der Waals surface area contributed by atoms with Gasteiger partial charge >= 0.3 is 0 Å². The molecule has 0 spiro atoms. The summed E-state index contributed by atoms with van der Waals surface area (Å²) in [6.45, 7) is -0.130. The predicted molar refractivity (Wildman–Crippen MR) is 77.0 cm³/mol. The maximum atomic E-state index is 13.6. The molecule has 5 heteroatoms. The molecular weight excluding hydrogens is 325 g/mol. The third kappa shape index (κ3) is 3.51. The van der Waals surface area contributed by atoms with Crippen molar-refractivity contribution in [2.45, 2.75) is 31.7 Å². The van der Waals surface area contributed by atoms with Gasteiger partial charge in [0.25, 0.3) is 5.91 Å². The van der Waals surface area contributed by atoms with Gasteiger partial charge < -0.3 is 10.1 Å². The molecule has 0 radical (unpaired) electrons. The van der Waals surface area contributed by atoms with Crippen LogP contribution in [-0.4, -0.2) is 18.6 Å². The molecule has 2 fully saturated rings. The molecular formula is C15H17BrFNO2. The lowest BCUT2D eigenvalue weighted by molar-refractivity contribution is -0.124. The molecule has 2 aliphatic rings. The van der Waals surface area contributed by atoms with Crippen LogP contribution < -0.4 is 10.1 Å². The smallest absolute Gasteiger partial charge is 0.258 e. The number of carbonyl (C=O) groups is 1. The normalized spacial score (nSPS) is 18.1. The lowest BCUT2D eigenvalue weighted by atomic mass is 10.1. The van der Waals surface area contributed by atoms with E-state index in [9.17, 15) is 9.18 Å². The highest BCUT2D eigenvalue weighted by molar-refractivity contribution is 9.10. The average Bonchev–Trinajstić information content (AvgIpc) is 3.28. The fourth-order valence-electron chi connectivity index (χ4n) is 2.49. The Morgan fingerprint density at radius 1 is 1.35 bits per heavy atom. The van der Waals surface area contributed by atoms with E-state index in [-0.39, 0.29) is 18.3 Å². The van der Waals surface area contributed by atoms with E-state index < -0.39 is 5.82 Å². The van der Waals surface area contributed by atoms with E-state index in [1.165, 1.54) is 37.8 Å². The van der Waals surface area contributed by atoms with Gasteiger partial charge in [0.1, 0.15) is 0 Å². The highest BCUT2D eigenvalue weighted by atomic mass is 79.9. The predicted octanol–water partition coefficient (Wildman–Crippen LogP) is 3.27. The molecule has 108 valence electrons. The number of hydrogen-bond acceptors (Lipinski definition) is 2. The van der Waals surface area contributed by atoms with E-state index in [1.807, 2.05) is 0 Å². The average molecular weight is 342 g/mol. The minimum absolute atomic E-state index is 0.109. The molecule has 0 heterocycles. The first-order valence-corrected chi connectivity index (χ1v) is 7.80. The summed E-state index contributed by atoms with van der Waals surface area (Å²) in [7, 11) is 0. The van der Waals surface area contributed by atoms with Gasteiger partial charge in [0, 0.05) is 10.5 Å². The van der Waals surface area contributed by atoms with Crippen LogP contribution in [-0.2, 0) is 4.79 Å². The molecule has 3 rings (SSSR count). The summed E-state index contributed by atoms with van der Waals surface area (Å²) in [5.41, 5.74) is 0. The maximum Gasteiger partial charge on any atom is 0.258 e. The first-order valence-electron chi connectivity index (χ1n) is 7.00. The summed E-state index contributed by atoms with van der Waals surface area (Å²) >= 11 is 3.18. The second-order valence-corrected chi connectivity index (χ2v) is 6.55. The molecule has 20 heavy (non-hydrogen) atoms. The number of ether oxygens (including phenoxy) is 1. The Balaban J connectivity index is 1.51. The highest BCUT2D eigenvalue weighted by Gasteiger charge is 2.42. The van der Waals surface area contributed by atoms with Gasteiger partial charge in [-0.25, -0.2) is 4.39 Å².